The maximum atomic E-state index is 13.2. The number of rotatable bonds is 0. The van der Waals surface area contributed by atoms with Crippen LogP contribution < -0.4 is 0 Å². The Kier molecular flexibility index (Phi) is 2.34. The Morgan fingerprint density at radius 3 is 1.79 bits per heavy atom. The maximum Gasteiger partial charge on any atom is 0.423 e. The first-order valence-electron chi connectivity index (χ1n) is 4.21. The van der Waals surface area contributed by atoms with Crippen molar-refractivity contribution in [1.29, 1.82) is 0 Å². The fourth-order valence-electron chi connectivity index (χ4n) is 1.82. The molecule has 0 aromatic heterocycles. The first-order chi connectivity index (χ1) is 6.04. The minimum atomic E-state index is -5.28. The molecule has 1 fully saturated rings. The van der Waals surface area contributed by atoms with E-state index in [9.17, 15) is 22.0 Å². The first-order valence-corrected chi connectivity index (χ1v) is 4.21. The highest BCUT2D eigenvalue weighted by Crippen LogP contribution is 2.56. The van der Waals surface area contributed by atoms with E-state index in [0.717, 1.165) is 6.92 Å². The molecule has 0 radical (unpaired) electrons. The van der Waals surface area contributed by atoms with Gasteiger partial charge in [0.05, 0.1) is 0 Å². The highest BCUT2D eigenvalue weighted by molar-refractivity contribution is 5.09. The molecule has 1 aliphatic carbocycles. The van der Waals surface area contributed by atoms with Gasteiger partial charge in [0, 0.05) is 5.92 Å². The Morgan fingerprint density at radius 2 is 1.64 bits per heavy atom. The molecule has 3 atom stereocenters. The van der Waals surface area contributed by atoms with Gasteiger partial charge in [-0.3, -0.25) is 0 Å². The van der Waals surface area contributed by atoms with Crippen molar-refractivity contribution in [3.63, 3.8) is 0 Å². The lowest BCUT2D eigenvalue weighted by atomic mass is 9.95. The normalized spacial score (nSPS) is 42.9. The summed E-state index contributed by atoms with van der Waals surface area (Å²) in [6.45, 7) is 2.30. The fraction of sp³-hybridized carbons (Fsp3) is 1.00. The maximum absolute atomic E-state index is 13.2. The summed E-state index contributed by atoms with van der Waals surface area (Å²) < 4.78 is 63.1. The molecule has 0 heterocycles. The molecule has 6 heteroatoms. The summed E-state index contributed by atoms with van der Waals surface area (Å²) in [5.41, 5.74) is -3.86. The van der Waals surface area contributed by atoms with Gasteiger partial charge in [-0.25, -0.2) is 8.78 Å². The van der Waals surface area contributed by atoms with Crippen LogP contribution in [0.1, 0.15) is 20.3 Å². The second-order valence-electron chi connectivity index (χ2n) is 3.95. The fourth-order valence-corrected chi connectivity index (χ4v) is 1.82. The summed E-state index contributed by atoms with van der Waals surface area (Å²) in [7, 11) is 0. The SMILES string of the molecule is CC1CC(O)(C(F)(F)F)C(F)(F)C1C. The number of hydrogen-bond acceptors (Lipinski definition) is 1. The van der Waals surface area contributed by atoms with Crippen molar-refractivity contribution in [2.24, 2.45) is 11.8 Å². The summed E-state index contributed by atoms with van der Waals surface area (Å²) in [6, 6.07) is 0. The minimum absolute atomic E-state index is 0.850. The van der Waals surface area contributed by atoms with E-state index in [1.54, 1.807) is 0 Å². The topological polar surface area (TPSA) is 20.2 Å². The predicted octanol–water partition coefficient (Wildman–Crippen LogP) is 2.59. The largest absolute Gasteiger partial charge is 0.423 e. The van der Waals surface area contributed by atoms with Crippen LogP contribution in [-0.2, 0) is 0 Å². The summed E-state index contributed by atoms with van der Waals surface area (Å²) in [5.74, 6) is -6.42. The van der Waals surface area contributed by atoms with Gasteiger partial charge in [0.15, 0.2) is 0 Å². The van der Waals surface area contributed by atoms with E-state index in [4.69, 9.17) is 5.11 Å². The van der Waals surface area contributed by atoms with Gasteiger partial charge in [-0.05, 0) is 12.3 Å². The van der Waals surface area contributed by atoms with E-state index in [2.05, 4.69) is 0 Å². The molecule has 1 aliphatic rings. The molecule has 0 bridgehead atoms. The van der Waals surface area contributed by atoms with Crippen LogP contribution in [0.15, 0.2) is 0 Å². The molecule has 0 aliphatic heterocycles. The first kappa shape index (κ1) is 11.7. The van der Waals surface area contributed by atoms with Gasteiger partial charge < -0.3 is 5.11 Å². The van der Waals surface area contributed by atoms with Gasteiger partial charge in [-0.15, -0.1) is 0 Å². The van der Waals surface area contributed by atoms with Crippen molar-refractivity contribution in [1.82, 2.24) is 0 Å². The summed E-state index contributed by atoms with van der Waals surface area (Å²) >= 11 is 0. The Morgan fingerprint density at radius 1 is 1.21 bits per heavy atom. The van der Waals surface area contributed by atoms with Crippen LogP contribution in [0.25, 0.3) is 0 Å². The number of aliphatic hydroxyl groups is 1. The second kappa shape index (κ2) is 2.81. The van der Waals surface area contributed by atoms with E-state index in [-0.39, 0.29) is 0 Å². The molecule has 0 saturated heterocycles. The minimum Gasteiger partial charge on any atom is -0.376 e. The highest BCUT2D eigenvalue weighted by Gasteiger charge is 2.75. The molecule has 0 aromatic carbocycles. The molecule has 1 N–H and O–H groups in total. The zero-order chi connectivity index (χ0) is 11.4. The van der Waals surface area contributed by atoms with E-state index < -0.39 is 36.0 Å². The zero-order valence-electron chi connectivity index (χ0n) is 7.70. The van der Waals surface area contributed by atoms with Gasteiger partial charge >= 0.3 is 6.18 Å². The molecule has 0 spiro atoms. The van der Waals surface area contributed by atoms with Gasteiger partial charge in [-0.1, -0.05) is 13.8 Å². The second-order valence-corrected chi connectivity index (χ2v) is 3.95. The molecule has 3 unspecified atom stereocenters. The molecule has 0 amide bonds. The van der Waals surface area contributed by atoms with Gasteiger partial charge in [0.25, 0.3) is 5.92 Å². The van der Waals surface area contributed by atoms with E-state index in [1.165, 1.54) is 6.92 Å². The Bertz CT molecular complexity index is 236. The van der Waals surface area contributed by atoms with Gasteiger partial charge in [0.2, 0.25) is 5.60 Å². The monoisotopic (exact) mass is 218 g/mol. The molecule has 84 valence electrons. The van der Waals surface area contributed by atoms with E-state index in [0.29, 0.717) is 0 Å². The van der Waals surface area contributed by atoms with Crippen molar-refractivity contribution in [2.75, 3.05) is 0 Å². The standard InChI is InChI=1S/C8H11F5O/c1-4-3-6(14,8(11,12)13)7(9,10)5(4)2/h4-5,14H,3H2,1-2H3. The molecule has 0 aromatic rings. The van der Waals surface area contributed by atoms with Crippen LogP contribution in [0.3, 0.4) is 0 Å². The Balaban J connectivity index is 3.14. The zero-order valence-corrected chi connectivity index (χ0v) is 7.70. The average molecular weight is 218 g/mol. The number of alkyl halides is 5. The highest BCUT2D eigenvalue weighted by atomic mass is 19.4. The van der Waals surface area contributed by atoms with Crippen molar-refractivity contribution < 1.29 is 27.1 Å². The molecular formula is C8H11F5O. The van der Waals surface area contributed by atoms with Crippen molar-refractivity contribution in [2.45, 2.75) is 38.0 Å². The lowest BCUT2D eigenvalue weighted by Gasteiger charge is -2.32. The number of hydrogen-bond donors (Lipinski definition) is 1. The van der Waals surface area contributed by atoms with Crippen molar-refractivity contribution >= 4 is 0 Å². The molecule has 1 nitrogen and oxygen atoms in total. The smallest absolute Gasteiger partial charge is 0.376 e. The van der Waals surface area contributed by atoms with Gasteiger partial charge in [0.1, 0.15) is 0 Å². The molecular weight excluding hydrogens is 207 g/mol. The van der Waals surface area contributed by atoms with Crippen LogP contribution in [0.2, 0.25) is 0 Å². The molecule has 1 rings (SSSR count). The van der Waals surface area contributed by atoms with Crippen LogP contribution in [0.5, 0.6) is 0 Å². The van der Waals surface area contributed by atoms with Crippen LogP contribution in [0.4, 0.5) is 22.0 Å². The third-order valence-electron chi connectivity index (χ3n) is 3.06. The van der Waals surface area contributed by atoms with Gasteiger partial charge in [-0.2, -0.15) is 13.2 Å². The summed E-state index contributed by atoms with van der Waals surface area (Å²) in [5, 5.41) is 9.02. The molecule has 14 heavy (non-hydrogen) atoms. The van der Waals surface area contributed by atoms with Crippen molar-refractivity contribution in [3.8, 4) is 0 Å². The number of halogens is 5. The van der Waals surface area contributed by atoms with Crippen LogP contribution in [0, 0.1) is 11.8 Å². The third kappa shape index (κ3) is 1.23. The van der Waals surface area contributed by atoms with Crippen LogP contribution >= 0.6 is 0 Å². The summed E-state index contributed by atoms with van der Waals surface area (Å²) in [4.78, 5) is 0. The summed E-state index contributed by atoms with van der Waals surface area (Å²) in [6.07, 6.45) is -6.22. The lowest BCUT2D eigenvalue weighted by molar-refractivity contribution is -0.325. The predicted molar refractivity (Wildman–Crippen MR) is 38.9 cm³/mol. The van der Waals surface area contributed by atoms with E-state index in [1.807, 2.05) is 0 Å². The quantitative estimate of drug-likeness (QED) is 0.619. The van der Waals surface area contributed by atoms with Crippen LogP contribution in [-0.4, -0.2) is 22.8 Å². The Labute approximate surface area is 77.9 Å². The van der Waals surface area contributed by atoms with Crippen molar-refractivity contribution in [3.05, 3.63) is 0 Å². The third-order valence-corrected chi connectivity index (χ3v) is 3.06. The lowest BCUT2D eigenvalue weighted by Crippen LogP contribution is -2.56. The Hall–Kier alpha value is -0.390. The molecule has 1 saturated carbocycles. The van der Waals surface area contributed by atoms with E-state index >= 15 is 0 Å². The average Bonchev–Trinajstić information content (AvgIpc) is 2.12.